The van der Waals surface area contributed by atoms with Gasteiger partial charge >= 0.3 is 0 Å². The van der Waals surface area contributed by atoms with Crippen LogP contribution >= 0.6 is 11.8 Å². The summed E-state index contributed by atoms with van der Waals surface area (Å²) in [7, 11) is 0. The molecule has 0 radical (unpaired) electrons. The van der Waals surface area contributed by atoms with Crippen molar-refractivity contribution in [2.45, 2.75) is 18.1 Å². The van der Waals surface area contributed by atoms with E-state index in [0.29, 0.717) is 5.25 Å². The first-order valence-corrected chi connectivity index (χ1v) is 4.92. The average molecular weight is 165 g/mol. The lowest BCUT2D eigenvalue weighted by Gasteiger charge is -2.11. The van der Waals surface area contributed by atoms with Gasteiger partial charge in [0, 0.05) is 12.3 Å². The fraction of sp³-hybridized carbons (Fsp3) is 0.444. The second-order valence-electron chi connectivity index (χ2n) is 2.73. The normalized spacial score (nSPS) is 29.1. The average Bonchev–Trinajstić information content (AvgIpc) is 2.58. The summed E-state index contributed by atoms with van der Waals surface area (Å²) in [6, 6.07) is 0. The number of rotatable bonds is 1. The molecular formula is C9H11NS. The van der Waals surface area contributed by atoms with Crippen LogP contribution < -0.4 is 0 Å². The summed E-state index contributed by atoms with van der Waals surface area (Å²) in [5.41, 5.74) is 1.28. The van der Waals surface area contributed by atoms with Gasteiger partial charge in [0.05, 0.1) is 5.25 Å². The lowest BCUT2D eigenvalue weighted by atomic mass is 10.1. The Labute approximate surface area is 71.3 Å². The van der Waals surface area contributed by atoms with Crippen molar-refractivity contribution in [3.05, 3.63) is 23.6 Å². The van der Waals surface area contributed by atoms with Gasteiger partial charge in [-0.1, -0.05) is 12.2 Å². The fourth-order valence-corrected chi connectivity index (χ4v) is 2.24. The van der Waals surface area contributed by atoms with E-state index in [1.807, 2.05) is 11.8 Å². The first kappa shape index (κ1) is 7.17. The molecule has 0 N–H and O–H groups in total. The maximum atomic E-state index is 4.48. The molecule has 2 aliphatic rings. The molecular weight excluding hydrogens is 154 g/mol. The van der Waals surface area contributed by atoms with Crippen LogP contribution in [0.3, 0.4) is 0 Å². The second-order valence-corrected chi connectivity index (χ2v) is 3.84. The van der Waals surface area contributed by atoms with Crippen LogP contribution in [-0.2, 0) is 0 Å². The molecule has 0 aromatic rings. The Morgan fingerprint density at radius 3 is 3.09 bits per heavy atom. The Morgan fingerprint density at radius 1 is 1.45 bits per heavy atom. The SMILES string of the molecule is C1=CC(C2CC=CS2)=NCC1. The van der Waals surface area contributed by atoms with Crippen LogP contribution in [0.1, 0.15) is 12.8 Å². The third-order valence-corrected chi connectivity index (χ3v) is 3.01. The first-order chi connectivity index (χ1) is 5.47. The summed E-state index contributed by atoms with van der Waals surface area (Å²) < 4.78 is 0. The van der Waals surface area contributed by atoms with Gasteiger partial charge in [-0.2, -0.15) is 0 Å². The highest BCUT2D eigenvalue weighted by molar-refractivity contribution is 8.03. The molecule has 2 heteroatoms. The number of allylic oxidation sites excluding steroid dienone is 2. The standard InChI is InChI=1S/C9H11NS/c1-2-6-10-8(4-1)9-5-3-7-11-9/h1,3-4,7,9H,2,5-6H2. The summed E-state index contributed by atoms with van der Waals surface area (Å²) in [5.74, 6) is 0. The van der Waals surface area contributed by atoms with Crippen LogP contribution in [0.25, 0.3) is 0 Å². The summed E-state index contributed by atoms with van der Waals surface area (Å²) in [6.45, 7) is 0.989. The predicted octanol–water partition coefficient (Wildman–Crippen LogP) is 2.41. The van der Waals surface area contributed by atoms with E-state index in [1.54, 1.807) is 0 Å². The van der Waals surface area contributed by atoms with Gasteiger partial charge in [-0.3, -0.25) is 4.99 Å². The van der Waals surface area contributed by atoms with Gasteiger partial charge in [-0.15, -0.1) is 11.8 Å². The van der Waals surface area contributed by atoms with E-state index in [4.69, 9.17) is 0 Å². The molecule has 0 saturated carbocycles. The lowest BCUT2D eigenvalue weighted by molar-refractivity contribution is 0.973. The van der Waals surface area contributed by atoms with Crippen molar-refractivity contribution in [3.63, 3.8) is 0 Å². The molecule has 0 aromatic heterocycles. The third-order valence-electron chi connectivity index (χ3n) is 1.90. The van der Waals surface area contributed by atoms with E-state index in [0.717, 1.165) is 19.4 Å². The summed E-state index contributed by atoms with van der Waals surface area (Å²) in [5, 5.41) is 2.79. The molecule has 0 fully saturated rings. The molecule has 0 aliphatic carbocycles. The zero-order valence-electron chi connectivity index (χ0n) is 6.36. The topological polar surface area (TPSA) is 12.4 Å². The molecule has 1 unspecified atom stereocenters. The summed E-state index contributed by atoms with van der Waals surface area (Å²) in [6.07, 6.45) is 8.90. The van der Waals surface area contributed by atoms with Gasteiger partial charge < -0.3 is 0 Å². The van der Waals surface area contributed by atoms with Gasteiger partial charge in [0.25, 0.3) is 0 Å². The molecule has 0 amide bonds. The Hall–Kier alpha value is -0.500. The van der Waals surface area contributed by atoms with Crippen molar-refractivity contribution in [3.8, 4) is 0 Å². The third kappa shape index (κ3) is 1.56. The molecule has 0 bridgehead atoms. The maximum absolute atomic E-state index is 4.48. The molecule has 1 nitrogen and oxygen atoms in total. The van der Waals surface area contributed by atoms with Crippen LogP contribution in [0, 0.1) is 0 Å². The van der Waals surface area contributed by atoms with Crippen LogP contribution in [-0.4, -0.2) is 17.5 Å². The van der Waals surface area contributed by atoms with Crippen LogP contribution in [0.15, 0.2) is 28.6 Å². The van der Waals surface area contributed by atoms with E-state index < -0.39 is 0 Å². The van der Waals surface area contributed by atoms with Gasteiger partial charge in [0.1, 0.15) is 0 Å². The summed E-state index contributed by atoms with van der Waals surface area (Å²) >= 11 is 1.89. The van der Waals surface area contributed by atoms with E-state index in [2.05, 4.69) is 28.6 Å². The van der Waals surface area contributed by atoms with Gasteiger partial charge in [-0.25, -0.2) is 0 Å². The van der Waals surface area contributed by atoms with Crippen molar-refractivity contribution in [2.24, 2.45) is 4.99 Å². The molecule has 1 atom stereocenters. The van der Waals surface area contributed by atoms with Crippen LogP contribution in [0.5, 0.6) is 0 Å². The summed E-state index contributed by atoms with van der Waals surface area (Å²) in [4.78, 5) is 4.48. The first-order valence-electron chi connectivity index (χ1n) is 3.98. The minimum Gasteiger partial charge on any atom is -0.288 e. The van der Waals surface area contributed by atoms with E-state index >= 15 is 0 Å². The van der Waals surface area contributed by atoms with E-state index in [1.165, 1.54) is 5.71 Å². The zero-order valence-corrected chi connectivity index (χ0v) is 7.18. The molecule has 2 rings (SSSR count). The number of thioether (sulfide) groups is 1. The monoisotopic (exact) mass is 165 g/mol. The van der Waals surface area contributed by atoms with Crippen molar-refractivity contribution in [1.82, 2.24) is 0 Å². The number of hydrogen-bond acceptors (Lipinski definition) is 2. The van der Waals surface area contributed by atoms with Gasteiger partial charge in [0.2, 0.25) is 0 Å². The molecule has 2 aliphatic heterocycles. The quantitative estimate of drug-likeness (QED) is 0.581. The lowest BCUT2D eigenvalue weighted by Crippen LogP contribution is -2.14. The Balaban J connectivity index is 2.04. The molecule has 58 valence electrons. The van der Waals surface area contributed by atoms with E-state index in [9.17, 15) is 0 Å². The fourth-order valence-electron chi connectivity index (χ4n) is 1.31. The van der Waals surface area contributed by atoms with Crippen LogP contribution in [0.4, 0.5) is 0 Å². The molecule has 11 heavy (non-hydrogen) atoms. The highest BCUT2D eigenvalue weighted by Gasteiger charge is 2.16. The number of hydrogen-bond donors (Lipinski definition) is 0. The van der Waals surface area contributed by atoms with Gasteiger partial charge in [-0.05, 0) is 24.3 Å². The largest absolute Gasteiger partial charge is 0.288 e. The Morgan fingerprint density at radius 2 is 2.45 bits per heavy atom. The Bertz CT molecular complexity index is 220. The van der Waals surface area contributed by atoms with Crippen molar-refractivity contribution < 1.29 is 0 Å². The molecule has 0 aromatic carbocycles. The Kier molecular flexibility index (Phi) is 2.13. The number of dihydropyridines is 1. The smallest absolute Gasteiger partial charge is 0.0541 e. The second kappa shape index (κ2) is 3.26. The van der Waals surface area contributed by atoms with Crippen molar-refractivity contribution in [2.75, 3.05) is 6.54 Å². The minimum absolute atomic E-state index is 0.617. The van der Waals surface area contributed by atoms with Crippen molar-refractivity contribution >= 4 is 17.5 Å². The zero-order chi connectivity index (χ0) is 7.52. The highest BCUT2D eigenvalue weighted by atomic mass is 32.2. The molecule has 0 spiro atoms. The van der Waals surface area contributed by atoms with Gasteiger partial charge in [0.15, 0.2) is 0 Å². The number of aliphatic imine (C=N–C) groups is 1. The number of nitrogens with zero attached hydrogens (tertiary/aromatic N) is 1. The predicted molar refractivity (Wildman–Crippen MR) is 51.2 cm³/mol. The maximum Gasteiger partial charge on any atom is 0.0541 e. The molecule has 2 heterocycles. The molecule has 0 saturated heterocycles. The van der Waals surface area contributed by atoms with Crippen molar-refractivity contribution in [1.29, 1.82) is 0 Å². The van der Waals surface area contributed by atoms with E-state index in [-0.39, 0.29) is 0 Å². The minimum atomic E-state index is 0.617. The highest BCUT2D eigenvalue weighted by Crippen LogP contribution is 2.26. The van der Waals surface area contributed by atoms with Crippen LogP contribution in [0.2, 0.25) is 0 Å².